The van der Waals surface area contributed by atoms with E-state index in [4.69, 9.17) is 0 Å². The van der Waals surface area contributed by atoms with Crippen molar-refractivity contribution in [2.75, 3.05) is 20.6 Å². The molecule has 0 aliphatic rings. The first-order valence-corrected chi connectivity index (χ1v) is 6.06. The van der Waals surface area contributed by atoms with Gasteiger partial charge in [-0.25, -0.2) is 0 Å². The van der Waals surface area contributed by atoms with Crippen LogP contribution in [0.4, 0.5) is 0 Å². The Balaban J connectivity index is 0.00000289. The predicted octanol–water partition coefficient (Wildman–Crippen LogP) is 1.85. The maximum Gasteiger partial charge on any atom is 0.193 e. The highest BCUT2D eigenvalue weighted by molar-refractivity contribution is 14.0. The minimum absolute atomic E-state index is 0. The summed E-state index contributed by atoms with van der Waals surface area (Å²) in [6, 6.07) is 0. The Bertz CT molecular complexity index is 361. The van der Waals surface area contributed by atoms with Gasteiger partial charge in [0.25, 0.3) is 0 Å². The molecule has 1 heterocycles. The molecule has 104 valence electrons. The van der Waals surface area contributed by atoms with E-state index in [1.807, 2.05) is 26.5 Å². The third kappa shape index (κ3) is 5.70. The lowest BCUT2D eigenvalue weighted by Gasteiger charge is -2.21. The number of halogens is 1. The molecule has 1 aromatic heterocycles. The molecule has 0 bridgehead atoms. The second-order valence-electron chi connectivity index (χ2n) is 4.20. The van der Waals surface area contributed by atoms with Gasteiger partial charge in [-0.15, -0.1) is 24.0 Å². The maximum absolute atomic E-state index is 4.27. The number of nitrogens with one attached hydrogen (secondary N) is 1. The van der Waals surface area contributed by atoms with Crippen LogP contribution < -0.4 is 5.32 Å². The molecule has 1 N–H and O–H groups in total. The lowest BCUT2D eigenvalue weighted by atomic mass is 10.3. The normalized spacial score (nSPS) is 11.0. The van der Waals surface area contributed by atoms with E-state index in [-0.39, 0.29) is 24.0 Å². The molecule has 1 rings (SSSR count). The Morgan fingerprint density at radius 3 is 2.78 bits per heavy atom. The molecule has 0 aromatic carbocycles. The monoisotopic (exact) mass is 365 g/mol. The van der Waals surface area contributed by atoms with Crippen molar-refractivity contribution in [1.82, 2.24) is 20.0 Å². The van der Waals surface area contributed by atoms with Crippen molar-refractivity contribution in [3.8, 4) is 0 Å². The maximum atomic E-state index is 4.27. The highest BCUT2D eigenvalue weighted by atomic mass is 127. The molecule has 0 aliphatic heterocycles. The molecule has 5 nitrogen and oxygen atoms in total. The van der Waals surface area contributed by atoms with Gasteiger partial charge in [0, 0.05) is 46.0 Å². The fourth-order valence-corrected chi connectivity index (χ4v) is 1.63. The Hall–Kier alpha value is -0.790. The zero-order valence-electron chi connectivity index (χ0n) is 11.7. The summed E-state index contributed by atoms with van der Waals surface area (Å²) >= 11 is 0. The van der Waals surface area contributed by atoms with Crippen molar-refractivity contribution in [2.24, 2.45) is 12.0 Å². The number of guanidine groups is 1. The number of aromatic nitrogens is 2. The average Bonchev–Trinajstić information content (AvgIpc) is 2.73. The van der Waals surface area contributed by atoms with Gasteiger partial charge in [-0.05, 0) is 6.42 Å². The van der Waals surface area contributed by atoms with Crippen LogP contribution in [0.2, 0.25) is 0 Å². The summed E-state index contributed by atoms with van der Waals surface area (Å²) in [6.45, 7) is 3.99. The lowest BCUT2D eigenvalue weighted by molar-refractivity contribution is 0.464. The summed E-state index contributed by atoms with van der Waals surface area (Å²) in [7, 11) is 5.80. The minimum Gasteiger partial charge on any atom is -0.352 e. The number of aliphatic imine (C=N–C) groups is 1. The molecule has 0 spiro atoms. The van der Waals surface area contributed by atoms with Gasteiger partial charge in [0.05, 0.1) is 6.20 Å². The Labute approximate surface area is 127 Å². The fraction of sp³-hybridized carbons (Fsp3) is 0.667. The highest BCUT2D eigenvalue weighted by Crippen LogP contribution is 1.97. The van der Waals surface area contributed by atoms with E-state index in [0.717, 1.165) is 24.6 Å². The molecular formula is C12H24IN5. The Kier molecular flexibility index (Phi) is 8.78. The van der Waals surface area contributed by atoms with Gasteiger partial charge < -0.3 is 10.2 Å². The fourth-order valence-electron chi connectivity index (χ4n) is 1.63. The molecule has 0 aliphatic carbocycles. The average molecular weight is 365 g/mol. The number of nitrogens with zero attached hydrogens (tertiary/aromatic N) is 4. The molecule has 0 amide bonds. The zero-order valence-corrected chi connectivity index (χ0v) is 14.0. The van der Waals surface area contributed by atoms with Crippen molar-refractivity contribution < 1.29 is 0 Å². The molecule has 6 heteroatoms. The van der Waals surface area contributed by atoms with Gasteiger partial charge in [0.2, 0.25) is 0 Å². The third-order valence-electron chi connectivity index (χ3n) is 2.63. The molecule has 0 fully saturated rings. The van der Waals surface area contributed by atoms with Gasteiger partial charge in [0.1, 0.15) is 0 Å². The molecule has 0 saturated carbocycles. The van der Waals surface area contributed by atoms with Crippen molar-refractivity contribution >= 4 is 29.9 Å². The number of rotatable bonds is 5. The van der Waals surface area contributed by atoms with Crippen LogP contribution in [0, 0.1) is 0 Å². The quantitative estimate of drug-likeness (QED) is 0.492. The van der Waals surface area contributed by atoms with E-state index >= 15 is 0 Å². The van der Waals surface area contributed by atoms with Crippen molar-refractivity contribution in [2.45, 2.75) is 26.3 Å². The van der Waals surface area contributed by atoms with E-state index < -0.39 is 0 Å². The van der Waals surface area contributed by atoms with Crippen molar-refractivity contribution in [3.05, 3.63) is 18.0 Å². The van der Waals surface area contributed by atoms with E-state index in [2.05, 4.69) is 34.3 Å². The Morgan fingerprint density at radius 2 is 2.28 bits per heavy atom. The van der Waals surface area contributed by atoms with Crippen LogP contribution in [0.15, 0.2) is 17.4 Å². The predicted molar refractivity (Wildman–Crippen MR) is 86.4 cm³/mol. The zero-order chi connectivity index (χ0) is 12.7. The van der Waals surface area contributed by atoms with Crippen molar-refractivity contribution in [3.63, 3.8) is 0 Å². The van der Waals surface area contributed by atoms with Crippen LogP contribution in [-0.4, -0.2) is 41.3 Å². The van der Waals surface area contributed by atoms with Crippen LogP contribution in [0.1, 0.15) is 25.3 Å². The van der Waals surface area contributed by atoms with Gasteiger partial charge in [-0.1, -0.05) is 13.3 Å². The number of hydrogen-bond donors (Lipinski definition) is 1. The van der Waals surface area contributed by atoms with Crippen molar-refractivity contribution in [1.29, 1.82) is 0 Å². The molecule has 0 saturated heterocycles. The largest absolute Gasteiger partial charge is 0.352 e. The van der Waals surface area contributed by atoms with Gasteiger partial charge >= 0.3 is 0 Å². The van der Waals surface area contributed by atoms with Gasteiger partial charge in [0.15, 0.2) is 5.96 Å². The number of aryl methyl sites for hydroxylation is 1. The first-order chi connectivity index (χ1) is 8.17. The molecule has 0 unspecified atom stereocenters. The smallest absolute Gasteiger partial charge is 0.193 e. The van der Waals surface area contributed by atoms with Gasteiger partial charge in [-0.2, -0.15) is 5.10 Å². The molecule has 0 atom stereocenters. The summed E-state index contributed by atoms with van der Waals surface area (Å²) in [5, 5.41) is 7.47. The molecule has 1 aromatic rings. The van der Waals surface area contributed by atoms with Crippen LogP contribution in [0.5, 0.6) is 0 Å². The second kappa shape index (κ2) is 9.18. The van der Waals surface area contributed by atoms with Crippen LogP contribution in [-0.2, 0) is 13.6 Å². The molecule has 18 heavy (non-hydrogen) atoms. The Morgan fingerprint density at radius 1 is 1.56 bits per heavy atom. The summed E-state index contributed by atoms with van der Waals surface area (Å²) in [6.07, 6.45) is 6.26. The third-order valence-corrected chi connectivity index (χ3v) is 2.63. The van der Waals surface area contributed by atoms with E-state index in [0.29, 0.717) is 0 Å². The second-order valence-corrected chi connectivity index (χ2v) is 4.20. The van der Waals surface area contributed by atoms with Gasteiger partial charge in [-0.3, -0.25) is 9.67 Å². The lowest BCUT2D eigenvalue weighted by Crippen LogP contribution is -2.38. The van der Waals surface area contributed by atoms with Crippen LogP contribution in [0.25, 0.3) is 0 Å². The summed E-state index contributed by atoms with van der Waals surface area (Å²) < 4.78 is 1.81. The SMILES string of the molecule is CCCCN(C)C(=NC)NCc1cnn(C)c1.I. The summed E-state index contributed by atoms with van der Waals surface area (Å²) in [5.74, 6) is 0.933. The van der Waals surface area contributed by atoms with E-state index in [9.17, 15) is 0 Å². The number of unbranched alkanes of at least 4 members (excludes halogenated alkanes) is 1. The van der Waals surface area contributed by atoms with E-state index in [1.54, 1.807) is 4.68 Å². The molecule has 0 radical (unpaired) electrons. The summed E-state index contributed by atoms with van der Waals surface area (Å²) in [4.78, 5) is 6.42. The summed E-state index contributed by atoms with van der Waals surface area (Å²) in [5.41, 5.74) is 1.16. The highest BCUT2D eigenvalue weighted by Gasteiger charge is 2.05. The molecular weight excluding hydrogens is 341 g/mol. The van der Waals surface area contributed by atoms with Crippen LogP contribution in [0.3, 0.4) is 0 Å². The standard InChI is InChI=1S/C12H23N5.HI/c1-5-6-7-16(3)12(13-2)14-8-11-9-15-17(4)10-11;/h9-10H,5-8H2,1-4H3,(H,13,14);1H. The first kappa shape index (κ1) is 17.2. The topological polar surface area (TPSA) is 45.4 Å². The van der Waals surface area contributed by atoms with Crippen LogP contribution >= 0.6 is 24.0 Å². The minimum atomic E-state index is 0. The number of hydrogen-bond acceptors (Lipinski definition) is 2. The van der Waals surface area contributed by atoms with E-state index in [1.165, 1.54) is 12.8 Å². The first-order valence-electron chi connectivity index (χ1n) is 6.06.